The number of hydrogen-bond acceptors (Lipinski definition) is 14. The van der Waals surface area contributed by atoms with Crippen molar-refractivity contribution < 1.29 is 46.8 Å². The van der Waals surface area contributed by atoms with E-state index in [9.17, 15) is 38.6 Å². The fourth-order valence-electron chi connectivity index (χ4n) is 3.85. The van der Waals surface area contributed by atoms with Crippen molar-refractivity contribution in [2.24, 2.45) is 5.73 Å². The summed E-state index contributed by atoms with van der Waals surface area (Å²) in [4.78, 5) is 63.9. The molecule has 4 aromatic rings. The average molecular weight is 687 g/mol. The second kappa shape index (κ2) is 15.0. The van der Waals surface area contributed by atoms with Crippen molar-refractivity contribution in [3.8, 4) is 5.75 Å². The molecule has 1 heterocycles. The minimum absolute atomic E-state index is 0.0357. The zero-order valence-electron chi connectivity index (χ0n) is 24.3. The quantitative estimate of drug-likeness (QED) is 0.0430. The highest BCUT2D eigenvalue weighted by molar-refractivity contribution is 7.61. The Kier molecular flexibility index (Phi) is 11.1. The number of phosphoric acid groups is 2. The number of nitrogens with one attached hydrogen (secondary N) is 3. The highest BCUT2D eigenvalue weighted by Crippen LogP contribution is 2.60. The minimum Gasteiger partial charge on any atom is -0.404 e. The molecule has 0 saturated carbocycles. The van der Waals surface area contributed by atoms with E-state index >= 15 is 0 Å². The maximum Gasteiger partial charge on any atom is 0.536 e. The Morgan fingerprint density at radius 1 is 0.979 bits per heavy atom. The molecule has 7 N–H and O–H groups in total. The summed E-state index contributed by atoms with van der Waals surface area (Å²) >= 11 is 0. The fourth-order valence-corrected chi connectivity index (χ4v) is 5.93. The molecule has 1 aromatic heterocycles. The van der Waals surface area contributed by atoms with E-state index < -0.39 is 44.4 Å². The predicted octanol–water partition coefficient (Wildman–Crippen LogP) is 4.63. The van der Waals surface area contributed by atoms with E-state index in [1.54, 1.807) is 42.5 Å². The smallest absolute Gasteiger partial charge is 0.404 e. The summed E-state index contributed by atoms with van der Waals surface area (Å²) in [7, 11) is -10.4. The van der Waals surface area contributed by atoms with E-state index in [0.29, 0.717) is 11.4 Å². The molecule has 2 atom stereocenters. The van der Waals surface area contributed by atoms with Crippen LogP contribution >= 0.6 is 15.6 Å². The summed E-state index contributed by atoms with van der Waals surface area (Å²) in [6.07, 6.45) is 0.943. The Hall–Kier alpha value is -5.06. The minimum atomic E-state index is -5.30. The SMILES string of the molecule is CC(=O)Nc1ccc(Nc2ncc([N+](=O)[O-])c(Nc3ccc(OP(=O)(O)OP(=O)(O)OCCN)cc3C(=O)c3ccccc3)n2)cc1. The van der Waals surface area contributed by atoms with Gasteiger partial charge in [-0.2, -0.15) is 9.29 Å². The molecule has 0 bridgehead atoms. The van der Waals surface area contributed by atoms with Crippen molar-refractivity contribution in [2.45, 2.75) is 6.92 Å². The lowest BCUT2D eigenvalue weighted by molar-refractivity contribution is -0.384. The van der Waals surface area contributed by atoms with Crippen LogP contribution in [0.1, 0.15) is 22.8 Å². The number of phosphoric ester groups is 2. The molecule has 47 heavy (non-hydrogen) atoms. The zero-order valence-corrected chi connectivity index (χ0v) is 26.1. The number of nitro groups is 1. The van der Waals surface area contributed by atoms with Gasteiger partial charge < -0.3 is 31.1 Å². The molecule has 18 nitrogen and oxygen atoms in total. The van der Waals surface area contributed by atoms with Gasteiger partial charge in [0.1, 0.15) is 11.9 Å². The lowest BCUT2D eigenvalue weighted by Crippen LogP contribution is -2.10. The third-order valence-corrected chi connectivity index (χ3v) is 8.35. The maximum absolute atomic E-state index is 13.6. The monoisotopic (exact) mass is 687 g/mol. The highest BCUT2D eigenvalue weighted by atomic mass is 31.3. The summed E-state index contributed by atoms with van der Waals surface area (Å²) < 4.78 is 38.1. The van der Waals surface area contributed by atoms with Crippen LogP contribution in [0.2, 0.25) is 0 Å². The van der Waals surface area contributed by atoms with Crippen molar-refractivity contribution in [1.82, 2.24) is 9.97 Å². The van der Waals surface area contributed by atoms with Gasteiger partial charge in [0.25, 0.3) is 0 Å². The number of amides is 1. The normalized spacial score (nSPS) is 13.4. The molecule has 3 aromatic carbocycles. The number of anilines is 5. The fraction of sp³-hybridized carbons (Fsp3) is 0.111. The first-order valence-corrected chi connectivity index (χ1v) is 16.3. The van der Waals surface area contributed by atoms with E-state index in [4.69, 9.17) is 10.3 Å². The average Bonchev–Trinajstić information content (AvgIpc) is 3.01. The van der Waals surface area contributed by atoms with Crippen LogP contribution in [-0.4, -0.2) is 49.5 Å². The number of ketones is 1. The van der Waals surface area contributed by atoms with Crippen LogP contribution in [0.5, 0.6) is 5.75 Å². The lowest BCUT2D eigenvalue weighted by Gasteiger charge is -2.18. The first-order chi connectivity index (χ1) is 22.2. The van der Waals surface area contributed by atoms with Crippen LogP contribution in [0.4, 0.5) is 34.5 Å². The molecule has 0 saturated heterocycles. The Morgan fingerprint density at radius 2 is 1.66 bits per heavy atom. The Labute approximate surface area is 266 Å². The highest BCUT2D eigenvalue weighted by Gasteiger charge is 2.36. The van der Waals surface area contributed by atoms with Gasteiger partial charge in [-0.15, -0.1) is 0 Å². The van der Waals surface area contributed by atoms with Crippen LogP contribution < -0.4 is 26.2 Å². The van der Waals surface area contributed by atoms with E-state index in [1.165, 1.54) is 25.1 Å². The predicted molar refractivity (Wildman–Crippen MR) is 169 cm³/mol. The molecule has 0 aliphatic carbocycles. The van der Waals surface area contributed by atoms with E-state index in [1.807, 2.05) is 0 Å². The van der Waals surface area contributed by atoms with E-state index in [0.717, 1.165) is 18.3 Å². The van der Waals surface area contributed by atoms with Crippen molar-refractivity contribution in [3.05, 3.63) is 100 Å². The Morgan fingerprint density at radius 3 is 2.30 bits per heavy atom. The third-order valence-electron chi connectivity index (χ3n) is 5.75. The van der Waals surface area contributed by atoms with Gasteiger partial charge in [0.05, 0.1) is 17.2 Å². The Bertz CT molecular complexity index is 1880. The number of benzene rings is 3. The first-order valence-electron chi connectivity index (χ1n) is 13.3. The number of carbonyl (C=O) groups excluding carboxylic acids is 2. The molecular weight excluding hydrogens is 660 g/mol. The van der Waals surface area contributed by atoms with Crippen molar-refractivity contribution in [3.63, 3.8) is 0 Å². The van der Waals surface area contributed by atoms with Crippen LogP contribution in [0, 0.1) is 10.1 Å². The first kappa shape index (κ1) is 34.8. The van der Waals surface area contributed by atoms with Gasteiger partial charge in [-0.25, -0.2) is 14.1 Å². The molecule has 0 spiro atoms. The maximum atomic E-state index is 13.6. The van der Waals surface area contributed by atoms with Gasteiger partial charge >= 0.3 is 21.3 Å². The number of carbonyl (C=O) groups is 2. The standard InChI is InChI=1S/C27H27N7O11P2/c1-17(35)30-19-7-9-20(10-8-19)31-27-29-16-24(34(37)38)26(33-27)32-23-12-11-21(15-22(23)25(36)18-5-3-2-4-6-18)44-47(41,42)45-46(39,40)43-14-13-28/h2-12,15-16H,13-14,28H2,1H3,(H,30,35)(H,39,40)(H,41,42)(H2,29,31,32,33). The third kappa shape index (κ3) is 9.96. The van der Waals surface area contributed by atoms with Crippen molar-refractivity contribution in [2.75, 3.05) is 29.1 Å². The number of nitrogens with two attached hydrogens (primary N) is 1. The summed E-state index contributed by atoms with van der Waals surface area (Å²) in [5, 5.41) is 20.1. The number of rotatable bonds is 15. The molecular formula is C27H27N7O11P2. The van der Waals surface area contributed by atoms with Gasteiger partial charge in [-0.3, -0.25) is 29.1 Å². The van der Waals surface area contributed by atoms with Gasteiger partial charge in [0, 0.05) is 36.0 Å². The largest absolute Gasteiger partial charge is 0.536 e. The van der Waals surface area contributed by atoms with E-state index in [2.05, 4.69) is 34.8 Å². The van der Waals surface area contributed by atoms with Crippen LogP contribution in [0.15, 0.2) is 79.0 Å². The van der Waals surface area contributed by atoms with Gasteiger partial charge in [0.15, 0.2) is 5.78 Å². The molecule has 0 aliphatic heterocycles. The van der Waals surface area contributed by atoms with Crippen LogP contribution in [0.3, 0.4) is 0 Å². The van der Waals surface area contributed by atoms with Crippen molar-refractivity contribution >= 4 is 61.9 Å². The molecule has 246 valence electrons. The second-order valence-corrected chi connectivity index (χ2v) is 12.3. The Balaban J connectivity index is 1.68. The second-order valence-electron chi connectivity index (χ2n) is 9.33. The molecule has 1 amide bonds. The molecule has 2 unspecified atom stereocenters. The van der Waals surface area contributed by atoms with Crippen LogP contribution in [0.25, 0.3) is 0 Å². The summed E-state index contributed by atoms with van der Waals surface area (Å²) in [5.74, 6) is -1.73. The van der Waals surface area contributed by atoms with Gasteiger partial charge in [-0.1, -0.05) is 30.3 Å². The van der Waals surface area contributed by atoms with Gasteiger partial charge in [0.2, 0.25) is 17.7 Å². The number of aromatic nitrogens is 2. The molecule has 0 radical (unpaired) electrons. The zero-order chi connectivity index (χ0) is 34.2. The molecule has 4 rings (SSSR count). The lowest BCUT2D eigenvalue weighted by atomic mass is 10.0. The molecule has 20 heteroatoms. The van der Waals surface area contributed by atoms with Crippen molar-refractivity contribution in [1.29, 1.82) is 0 Å². The summed E-state index contributed by atoms with van der Waals surface area (Å²) in [5.41, 5.74) is 5.60. The van der Waals surface area contributed by atoms with Gasteiger partial charge in [-0.05, 0) is 42.5 Å². The summed E-state index contributed by atoms with van der Waals surface area (Å²) in [6, 6.07) is 17.6. The van der Waals surface area contributed by atoms with Crippen LogP contribution in [-0.2, 0) is 22.8 Å². The molecule has 0 aliphatic rings. The number of nitrogens with zero attached hydrogens (tertiary/aromatic N) is 3. The topological polar surface area (TPSA) is 267 Å². The number of hydrogen-bond donors (Lipinski definition) is 6. The molecule has 0 fully saturated rings. The van der Waals surface area contributed by atoms with E-state index in [-0.39, 0.29) is 41.0 Å². The summed E-state index contributed by atoms with van der Waals surface area (Å²) in [6.45, 7) is 0.723.